The molecule has 0 radical (unpaired) electrons. The number of amides is 2. The number of aromatic nitrogens is 2. The summed E-state index contributed by atoms with van der Waals surface area (Å²) in [7, 11) is 3.13. The highest BCUT2D eigenvalue weighted by atomic mass is 16.5. The van der Waals surface area contributed by atoms with Gasteiger partial charge in [0, 0.05) is 20.2 Å². The predicted molar refractivity (Wildman–Crippen MR) is 105 cm³/mol. The number of rotatable bonds is 7. The van der Waals surface area contributed by atoms with E-state index in [4.69, 9.17) is 9.47 Å². The summed E-state index contributed by atoms with van der Waals surface area (Å²) < 4.78 is 12.2. The number of aryl methyl sites for hydroxylation is 1. The Kier molecular flexibility index (Phi) is 6.30. The first-order valence-corrected chi connectivity index (χ1v) is 9.37. The molecule has 2 aromatic rings. The van der Waals surface area contributed by atoms with Crippen molar-refractivity contribution in [3.05, 3.63) is 41.0 Å². The van der Waals surface area contributed by atoms with E-state index in [1.54, 1.807) is 14.2 Å². The lowest BCUT2D eigenvalue weighted by Crippen LogP contribution is -2.30. The number of benzene rings is 1. The van der Waals surface area contributed by atoms with Gasteiger partial charge < -0.3 is 24.7 Å². The number of hydrogen-bond acceptors (Lipinski definition) is 5. The SMILES string of the molecule is COCCNC(=O)c1nc(C(=O)Nc2cc(C)ccc2OC)c2n1CCCC2. The summed E-state index contributed by atoms with van der Waals surface area (Å²) in [6.45, 7) is 3.42. The van der Waals surface area contributed by atoms with Crippen LogP contribution in [0, 0.1) is 6.92 Å². The molecule has 2 amide bonds. The first kappa shape index (κ1) is 19.9. The van der Waals surface area contributed by atoms with Crippen LogP contribution in [0.5, 0.6) is 5.75 Å². The van der Waals surface area contributed by atoms with Crippen LogP contribution in [0.25, 0.3) is 0 Å². The Balaban J connectivity index is 1.88. The van der Waals surface area contributed by atoms with Crippen molar-refractivity contribution in [2.45, 2.75) is 32.7 Å². The molecule has 0 spiro atoms. The molecule has 1 aliphatic heterocycles. The van der Waals surface area contributed by atoms with Crippen LogP contribution >= 0.6 is 0 Å². The van der Waals surface area contributed by atoms with Crippen molar-refractivity contribution in [2.24, 2.45) is 0 Å². The Bertz CT molecular complexity index is 875. The minimum Gasteiger partial charge on any atom is -0.495 e. The number of carbonyl (C=O) groups excluding carboxylic acids is 2. The third kappa shape index (κ3) is 4.17. The van der Waals surface area contributed by atoms with Gasteiger partial charge in [0.2, 0.25) is 0 Å². The van der Waals surface area contributed by atoms with E-state index in [0.717, 1.165) is 24.1 Å². The fourth-order valence-corrected chi connectivity index (χ4v) is 3.34. The molecule has 0 fully saturated rings. The maximum absolute atomic E-state index is 13.0. The Labute approximate surface area is 164 Å². The highest BCUT2D eigenvalue weighted by molar-refractivity contribution is 6.05. The van der Waals surface area contributed by atoms with Crippen LogP contribution in [0.1, 0.15) is 45.2 Å². The number of ether oxygens (including phenoxy) is 2. The predicted octanol–water partition coefficient (Wildman–Crippen LogP) is 2.16. The average molecular weight is 386 g/mol. The minimum atomic E-state index is -0.342. The molecule has 1 aromatic carbocycles. The fraction of sp³-hybridized carbons (Fsp3) is 0.450. The summed E-state index contributed by atoms with van der Waals surface area (Å²) >= 11 is 0. The minimum absolute atomic E-state index is 0.271. The maximum atomic E-state index is 13.0. The molecule has 0 unspecified atom stereocenters. The van der Waals surface area contributed by atoms with E-state index in [-0.39, 0.29) is 17.6 Å². The van der Waals surface area contributed by atoms with Crippen LogP contribution in [-0.4, -0.2) is 48.7 Å². The molecule has 3 rings (SSSR count). The third-order valence-electron chi connectivity index (χ3n) is 4.73. The van der Waals surface area contributed by atoms with E-state index < -0.39 is 0 Å². The second-order valence-electron chi connectivity index (χ2n) is 6.75. The Hall–Kier alpha value is -2.87. The van der Waals surface area contributed by atoms with Gasteiger partial charge in [-0.3, -0.25) is 9.59 Å². The number of fused-ring (bicyclic) bond motifs is 1. The highest BCUT2D eigenvalue weighted by Gasteiger charge is 2.27. The Morgan fingerprint density at radius 1 is 1.21 bits per heavy atom. The molecule has 0 aliphatic carbocycles. The molecule has 150 valence electrons. The molecule has 8 heteroatoms. The Morgan fingerprint density at radius 3 is 2.79 bits per heavy atom. The zero-order valence-corrected chi connectivity index (χ0v) is 16.5. The summed E-state index contributed by atoms with van der Waals surface area (Å²) in [5.74, 6) is 0.203. The zero-order chi connectivity index (χ0) is 20.1. The van der Waals surface area contributed by atoms with E-state index in [2.05, 4.69) is 15.6 Å². The van der Waals surface area contributed by atoms with Gasteiger partial charge in [-0.2, -0.15) is 0 Å². The smallest absolute Gasteiger partial charge is 0.287 e. The first-order chi connectivity index (χ1) is 13.5. The van der Waals surface area contributed by atoms with Crippen LogP contribution in [0.15, 0.2) is 18.2 Å². The first-order valence-electron chi connectivity index (χ1n) is 9.37. The third-order valence-corrected chi connectivity index (χ3v) is 4.73. The van der Waals surface area contributed by atoms with Crippen LogP contribution < -0.4 is 15.4 Å². The van der Waals surface area contributed by atoms with Crippen LogP contribution in [-0.2, 0) is 17.7 Å². The molecule has 0 atom stereocenters. The second-order valence-corrected chi connectivity index (χ2v) is 6.75. The summed E-state index contributed by atoms with van der Waals surface area (Å²) in [6, 6.07) is 5.56. The van der Waals surface area contributed by atoms with E-state index in [9.17, 15) is 9.59 Å². The van der Waals surface area contributed by atoms with E-state index >= 15 is 0 Å². The van der Waals surface area contributed by atoms with Crippen molar-refractivity contribution in [3.8, 4) is 5.75 Å². The van der Waals surface area contributed by atoms with Gasteiger partial charge in [0.15, 0.2) is 11.5 Å². The number of nitrogens with zero attached hydrogens (tertiary/aromatic N) is 2. The normalized spacial score (nSPS) is 13.0. The van der Waals surface area contributed by atoms with Crippen molar-refractivity contribution >= 4 is 17.5 Å². The van der Waals surface area contributed by atoms with Crippen molar-refractivity contribution in [1.29, 1.82) is 0 Å². The van der Waals surface area contributed by atoms with E-state index in [1.165, 1.54) is 0 Å². The van der Waals surface area contributed by atoms with Crippen molar-refractivity contribution in [2.75, 3.05) is 32.7 Å². The number of nitrogens with one attached hydrogen (secondary N) is 2. The molecule has 0 bridgehead atoms. The largest absolute Gasteiger partial charge is 0.495 e. The molecule has 0 saturated heterocycles. The topological polar surface area (TPSA) is 94.5 Å². The number of anilines is 1. The highest BCUT2D eigenvalue weighted by Crippen LogP contribution is 2.27. The summed E-state index contributed by atoms with van der Waals surface area (Å²) in [6.07, 6.45) is 2.63. The lowest BCUT2D eigenvalue weighted by atomic mass is 10.1. The molecular formula is C20H26N4O4. The van der Waals surface area contributed by atoms with Gasteiger partial charge in [0.25, 0.3) is 11.8 Å². The van der Waals surface area contributed by atoms with Crippen molar-refractivity contribution < 1.29 is 19.1 Å². The second kappa shape index (κ2) is 8.88. The average Bonchev–Trinajstić information content (AvgIpc) is 3.08. The number of carbonyl (C=O) groups is 2. The van der Waals surface area contributed by atoms with Gasteiger partial charge in [-0.15, -0.1) is 0 Å². The molecule has 8 nitrogen and oxygen atoms in total. The van der Waals surface area contributed by atoms with Gasteiger partial charge in [-0.1, -0.05) is 6.07 Å². The van der Waals surface area contributed by atoms with Gasteiger partial charge in [0.05, 0.1) is 25.1 Å². The van der Waals surface area contributed by atoms with Crippen molar-refractivity contribution in [3.63, 3.8) is 0 Å². The molecule has 1 aromatic heterocycles. The summed E-state index contributed by atoms with van der Waals surface area (Å²) in [5, 5.41) is 5.66. The molecule has 2 heterocycles. The molecule has 1 aliphatic rings. The maximum Gasteiger partial charge on any atom is 0.287 e. The lowest BCUT2D eigenvalue weighted by molar-refractivity contribution is 0.0921. The molecular weight excluding hydrogens is 360 g/mol. The fourth-order valence-electron chi connectivity index (χ4n) is 3.34. The van der Waals surface area contributed by atoms with Gasteiger partial charge >= 0.3 is 0 Å². The van der Waals surface area contributed by atoms with E-state index in [0.29, 0.717) is 43.2 Å². The summed E-state index contributed by atoms with van der Waals surface area (Å²) in [5.41, 5.74) is 2.67. The lowest BCUT2D eigenvalue weighted by Gasteiger charge is -2.17. The molecule has 2 N–H and O–H groups in total. The van der Waals surface area contributed by atoms with Crippen molar-refractivity contribution in [1.82, 2.24) is 14.9 Å². The van der Waals surface area contributed by atoms with E-state index in [1.807, 2.05) is 29.7 Å². The van der Waals surface area contributed by atoms with Gasteiger partial charge in [-0.25, -0.2) is 4.98 Å². The van der Waals surface area contributed by atoms with Gasteiger partial charge in [0.1, 0.15) is 5.75 Å². The van der Waals surface area contributed by atoms with Crippen LogP contribution in [0.3, 0.4) is 0 Å². The number of methoxy groups -OCH3 is 2. The Morgan fingerprint density at radius 2 is 2.04 bits per heavy atom. The van der Waals surface area contributed by atoms with Crippen LogP contribution in [0.2, 0.25) is 0 Å². The van der Waals surface area contributed by atoms with Gasteiger partial charge in [-0.05, 0) is 43.9 Å². The van der Waals surface area contributed by atoms with Crippen LogP contribution in [0.4, 0.5) is 5.69 Å². The number of imidazole rings is 1. The number of hydrogen-bond donors (Lipinski definition) is 2. The molecule has 0 saturated carbocycles. The summed E-state index contributed by atoms with van der Waals surface area (Å²) in [4.78, 5) is 29.9. The standard InChI is InChI=1S/C20H26N4O4/c1-13-7-8-16(28-3)14(12-13)22-19(25)17-15-6-4-5-10-24(15)18(23-17)20(26)21-9-11-27-2/h7-8,12H,4-6,9-11H2,1-3H3,(H,21,26)(H,22,25). The quantitative estimate of drug-likeness (QED) is 0.711. The monoisotopic (exact) mass is 386 g/mol. The molecule has 28 heavy (non-hydrogen) atoms. The zero-order valence-electron chi connectivity index (χ0n) is 16.5.